The van der Waals surface area contributed by atoms with Crippen LogP contribution < -0.4 is 0 Å². The molecule has 2 aromatic rings. The zero-order chi connectivity index (χ0) is 16.4. The second-order valence-electron chi connectivity index (χ2n) is 5.70. The smallest absolute Gasteiger partial charge is 0.276 e. The molecular weight excluding hydrogens is 318 g/mol. The third-order valence-corrected chi connectivity index (χ3v) is 5.69. The van der Waals surface area contributed by atoms with E-state index in [0.29, 0.717) is 30.3 Å². The predicted molar refractivity (Wildman–Crippen MR) is 84.4 cm³/mol. The third kappa shape index (κ3) is 3.34. The molecule has 3 rings (SSSR count). The van der Waals surface area contributed by atoms with Gasteiger partial charge in [0.2, 0.25) is 10.9 Å². The van der Waals surface area contributed by atoms with Crippen molar-refractivity contribution in [3.63, 3.8) is 0 Å². The van der Waals surface area contributed by atoms with E-state index < -0.39 is 10.0 Å². The Bertz CT molecular complexity index is 757. The lowest BCUT2D eigenvalue weighted by Crippen LogP contribution is -2.48. The molecule has 2 aromatic heterocycles. The normalized spacial score (nSPS) is 17.7. The molecule has 3 heterocycles. The van der Waals surface area contributed by atoms with Crippen molar-refractivity contribution in [2.75, 3.05) is 32.7 Å². The van der Waals surface area contributed by atoms with Crippen LogP contribution in [0.25, 0.3) is 11.5 Å². The van der Waals surface area contributed by atoms with Crippen LogP contribution in [0.4, 0.5) is 0 Å². The Morgan fingerprint density at radius 1 is 1.17 bits per heavy atom. The summed E-state index contributed by atoms with van der Waals surface area (Å²) in [5, 5.41) is 3.73. The Kier molecular flexibility index (Phi) is 4.56. The highest BCUT2D eigenvalue weighted by atomic mass is 32.2. The summed E-state index contributed by atoms with van der Waals surface area (Å²) in [4.78, 5) is 2.27. The number of piperazine rings is 1. The third-order valence-electron chi connectivity index (χ3n) is 3.92. The monoisotopic (exact) mass is 339 g/mol. The maximum Gasteiger partial charge on any atom is 0.276 e. The van der Waals surface area contributed by atoms with Crippen LogP contribution in [-0.4, -0.2) is 55.5 Å². The highest BCUT2D eigenvalue weighted by molar-refractivity contribution is 7.89. The van der Waals surface area contributed by atoms with Crippen LogP contribution in [0.15, 0.2) is 32.2 Å². The topological polar surface area (TPSA) is 79.8 Å². The average Bonchev–Trinajstić information content (AvgIpc) is 3.17. The largest absolute Gasteiger partial charge is 0.440 e. The Morgan fingerprint density at radius 2 is 1.91 bits per heavy atom. The number of nitrogens with zero attached hydrogens (tertiary/aromatic N) is 3. The minimum absolute atomic E-state index is 0.0505. The summed E-state index contributed by atoms with van der Waals surface area (Å²) >= 11 is 0. The van der Waals surface area contributed by atoms with E-state index >= 15 is 0 Å². The van der Waals surface area contributed by atoms with Crippen molar-refractivity contribution in [2.45, 2.75) is 25.4 Å². The van der Waals surface area contributed by atoms with Crippen LogP contribution >= 0.6 is 0 Å². The van der Waals surface area contributed by atoms with Crippen LogP contribution in [0.5, 0.6) is 0 Å². The molecule has 1 fully saturated rings. The molecule has 1 aliphatic rings. The van der Waals surface area contributed by atoms with Gasteiger partial charge in [-0.25, -0.2) is 8.42 Å². The van der Waals surface area contributed by atoms with Crippen molar-refractivity contribution < 1.29 is 17.4 Å². The van der Waals surface area contributed by atoms with E-state index in [4.69, 9.17) is 8.94 Å². The molecule has 0 bridgehead atoms. The molecule has 0 saturated carbocycles. The van der Waals surface area contributed by atoms with Gasteiger partial charge in [0.05, 0.1) is 5.69 Å². The first-order valence-corrected chi connectivity index (χ1v) is 9.20. The zero-order valence-electron chi connectivity index (χ0n) is 13.4. The van der Waals surface area contributed by atoms with E-state index in [-0.39, 0.29) is 5.09 Å². The van der Waals surface area contributed by atoms with Gasteiger partial charge in [-0.1, -0.05) is 12.1 Å². The minimum atomic E-state index is -3.60. The molecule has 0 aromatic carbocycles. The van der Waals surface area contributed by atoms with Crippen LogP contribution in [-0.2, 0) is 10.0 Å². The number of rotatable bonds is 5. The zero-order valence-corrected chi connectivity index (χ0v) is 14.2. The first-order chi connectivity index (χ1) is 11.0. The molecule has 0 radical (unpaired) electrons. The number of hydrogen-bond donors (Lipinski definition) is 0. The van der Waals surface area contributed by atoms with Crippen LogP contribution in [0.3, 0.4) is 0 Å². The Balaban J connectivity index is 1.75. The van der Waals surface area contributed by atoms with E-state index in [1.165, 1.54) is 10.4 Å². The lowest BCUT2D eigenvalue weighted by atomic mass is 10.3. The van der Waals surface area contributed by atoms with Gasteiger partial charge < -0.3 is 13.8 Å². The van der Waals surface area contributed by atoms with Crippen molar-refractivity contribution >= 4 is 10.0 Å². The first kappa shape index (κ1) is 16.2. The molecule has 0 aliphatic carbocycles. The predicted octanol–water partition coefficient (Wildman–Crippen LogP) is 1.96. The molecule has 8 heteroatoms. The second kappa shape index (κ2) is 6.46. The lowest BCUT2D eigenvalue weighted by molar-refractivity contribution is 0.187. The Morgan fingerprint density at radius 3 is 2.52 bits per heavy atom. The summed E-state index contributed by atoms with van der Waals surface area (Å²) in [6.07, 6.45) is 1.07. The van der Waals surface area contributed by atoms with Gasteiger partial charge in [-0.2, -0.15) is 4.31 Å². The highest BCUT2D eigenvalue weighted by Gasteiger charge is 2.31. The van der Waals surface area contributed by atoms with Crippen LogP contribution in [0, 0.1) is 6.92 Å². The summed E-state index contributed by atoms with van der Waals surface area (Å²) in [5.74, 6) is 0.797. The molecule has 0 spiro atoms. The van der Waals surface area contributed by atoms with E-state index in [0.717, 1.165) is 26.1 Å². The SMILES string of the molecule is CCCN1CCN(S(=O)(=O)c2ccc(-c3cc(C)no3)o2)CC1. The number of sulfonamides is 1. The van der Waals surface area contributed by atoms with Crippen LogP contribution in [0.2, 0.25) is 0 Å². The van der Waals surface area contributed by atoms with Crippen molar-refractivity contribution in [3.8, 4) is 11.5 Å². The van der Waals surface area contributed by atoms with E-state index in [9.17, 15) is 8.42 Å². The molecule has 126 valence electrons. The fourth-order valence-corrected chi connectivity index (χ4v) is 4.04. The fourth-order valence-electron chi connectivity index (χ4n) is 2.71. The summed E-state index contributed by atoms with van der Waals surface area (Å²) in [6, 6.07) is 4.78. The number of aromatic nitrogens is 1. The Hall–Kier alpha value is -1.64. The fraction of sp³-hybridized carbons (Fsp3) is 0.533. The van der Waals surface area contributed by atoms with Gasteiger partial charge in [0, 0.05) is 32.2 Å². The van der Waals surface area contributed by atoms with Gasteiger partial charge in [-0.3, -0.25) is 0 Å². The number of hydrogen-bond acceptors (Lipinski definition) is 6. The van der Waals surface area contributed by atoms with E-state index in [1.54, 1.807) is 19.1 Å². The molecule has 1 aliphatic heterocycles. The summed E-state index contributed by atoms with van der Waals surface area (Å²) < 4.78 is 37.4. The number of furan rings is 1. The quantitative estimate of drug-likeness (QED) is 0.828. The minimum Gasteiger partial charge on any atom is -0.440 e. The molecular formula is C15H21N3O4S. The summed E-state index contributed by atoms with van der Waals surface area (Å²) in [5.41, 5.74) is 0.716. The molecule has 0 atom stereocenters. The molecule has 23 heavy (non-hydrogen) atoms. The molecule has 7 nitrogen and oxygen atoms in total. The van der Waals surface area contributed by atoms with Gasteiger partial charge in [0.25, 0.3) is 10.0 Å². The standard InChI is InChI=1S/C15H21N3O4S/c1-3-6-17-7-9-18(10-8-17)23(19,20)15-5-4-13(21-15)14-11-12(2)16-22-14/h4-5,11H,3,6-10H2,1-2H3. The van der Waals surface area contributed by atoms with Gasteiger partial charge >= 0.3 is 0 Å². The van der Waals surface area contributed by atoms with Gasteiger partial charge in [-0.15, -0.1) is 0 Å². The van der Waals surface area contributed by atoms with Crippen molar-refractivity contribution in [3.05, 3.63) is 23.9 Å². The highest BCUT2D eigenvalue weighted by Crippen LogP contribution is 2.27. The Labute approximate surface area is 135 Å². The van der Waals surface area contributed by atoms with Crippen molar-refractivity contribution in [1.82, 2.24) is 14.4 Å². The molecule has 0 N–H and O–H groups in total. The average molecular weight is 339 g/mol. The first-order valence-electron chi connectivity index (χ1n) is 7.76. The van der Waals surface area contributed by atoms with E-state index in [2.05, 4.69) is 17.0 Å². The van der Waals surface area contributed by atoms with E-state index in [1.807, 2.05) is 0 Å². The number of aryl methyl sites for hydroxylation is 1. The van der Waals surface area contributed by atoms with Gasteiger partial charge in [0.15, 0.2) is 5.76 Å². The molecule has 0 amide bonds. The summed E-state index contributed by atoms with van der Waals surface area (Å²) in [6.45, 7) is 7.40. The maximum absolute atomic E-state index is 12.7. The lowest BCUT2D eigenvalue weighted by Gasteiger charge is -2.33. The van der Waals surface area contributed by atoms with Gasteiger partial charge in [0.1, 0.15) is 0 Å². The maximum atomic E-state index is 12.7. The molecule has 1 saturated heterocycles. The van der Waals surface area contributed by atoms with Crippen molar-refractivity contribution in [1.29, 1.82) is 0 Å². The second-order valence-corrected chi connectivity index (χ2v) is 7.57. The van der Waals surface area contributed by atoms with Crippen LogP contribution in [0.1, 0.15) is 19.0 Å². The summed E-state index contributed by atoms with van der Waals surface area (Å²) in [7, 11) is -3.60. The van der Waals surface area contributed by atoms with Crippen molar-refractivity contribution in [2.24, 2.45) is 0 Å². The molecule has 0 unspecified atom stereocenters. The van der Waals surface area contributed by atoms with Gasteiger partial charge in [-0.05, 0) is 32.0 Å².